The van der Waals surface area contributed by atoms with Crippen molar-refractivity contribution in [2.45, 2.75) is 18.5 Å². The van der Waals surface area contributed by atoms with Crippen molar-refractivity contribution in [1.29, 1.82) is 0 Å². The first-order chi connectivity index (χ1) is 11.5. The summed E-state index contributed by atoms with van der Waals surface area (Å²) in [5, 5.41) is 5.95. The van der Waals surface area contributed by atoms with Crippen LogP contribution in [0.5, 0.6) is 0 Å². The van der Waals surface area contributed by atoms with Crippen LogP contribution in [-0.2, 0) is 14.6 Å². The Morgan fingerprint density at radius 1 is 1.21 bits per heavy atom. The molecular weight excluding hydrogens is 328 g/mol. The minimum atomic E-state index is -3.00. The van der Waals surface area contributed by atoms with Crippen LogP contribution < -0.4 is 10.6 Å². The monoisotopic (exact) mass is 348 g/mol. The summed E-state index contributed by atoms with van der Waals surface area (Å²) in [7, 11) is -3.00. The fraction of sp³-hybridized carbons (Fsp3) is 0.353. The summed E-state index contributed by atoms with van der Waals surface area (Å²) in [5.41, 5.74) is 0.990. The van der Waals surface area contributed by atoms with E-state index in [1.807, 2.05) is 36.4 Å². The zero-order chi connectivity index (χ0) is 17.0. The molecule has 2 aromatic rings. The fourth-order valence-corrected chi connectivity index (χ4v) is 4.54. The molecule has 2 N–H and O–H groups in total. The van der Waals surface area contributed by atoms with Crippen LogP contribution in [0.1, 0.15) is 23.8 Å². The van der Waals surface area contributed by atoms with Crippen molar-refractivity contribution in [3.8, 4) is 0 Å². The summed E-state index contributed by atoms with van der Waals surface area (Å²) >= 11 is 0. The van der Waals surface area contributed by atoms with E-state index in [0.717, 1.165) is 11.3 Å². The normalized spacial score (nSPS) is 20.6. The molecule has 1 amide bonds. The van der Waals surface area contributed by atoms with Gasteiger partial charge in [0, 0.05) is 6.04 Å². The minimum Gasteiger partial charge on any atom is -0.467 e. The predicted molar refractivity (Wildman–Crippen MR) is 90.2 cm³/mol. The van der Waals surface area contributed by atoms with Gasteiger partial charge < -0.3 is 9.73 Å². The van der Waals surface area contributed by atoms with Gasteiger partial charge in [-0.05, 0) is 24.1 Å². The van der Waals surface area contributed by atoms with E-state index in [4.69, 9.17) is 4.42 Å². The third kappa shape index (κ3) is 4.24. The van der Waals surface area contributed by atoms with Gasteiger partial charge in [-0.15, -0.1) is 0 Å². The number of benzene rings is 1. The fourth-order valence-electron chi connectivity index (χ4n) is 2.87. The lowest BCUT2D eigenvalue weighted by molar-refractivity contribution is -0.120. The lowest BCUT2D eigenvalue weighted by Crippen LogP contribution is -2.42. The molecule has 0 bridgehead atoms. The molecular formula is C17H20N2O4S. The predicted octanol–water partition coefficient (Wildman–Crippen LogP) is 1.26. The Kier molecular flexibility index (Phi) is 5.01. The zero-order valence-corrected chi connectivity index (χ0v) is 14.0. The number of carbonyl (C=O) groups is 1. The highest BCUT2D eigenvalue weighted by Crippen LogP contribution is 2.22. The van der Waals surface area contributed by atoms with Gasteiger partial charge in [0.2, 0.25) is 5.91 Å². The Hall–Kier alpha value is -2.12. The van der Waals surface area contributed by atoms with Crippen molar-refractivity contribution in [2.75, 3.05) is 18.1 Å². The van der Waals surface area contributed by atoms with Gasteiger partial charge in [-0.1, -0.05) is 30.3 Å². The van der Waals surface area contributed by atoms with Gasteiger partial charge in [-0.2, -0.15) is 0 Å². The van der Waals surface area contributed by atoms with Crippen LogP contribution in [0.15, 0.2) is 53.1 Å². The van der Waals surface area contributed by atoms with Crippen molar-refractivity contribution in [1.82, 2.24) is 10.6 Å². The van der Waals surface area contributed by atoms with Crippen molar-refractivity contribution in [3.05, 3.63) is 60.1 Å². The number of carbonyl (C=O) groups excluding carboxylic acids is 1. The lowest BCUT2D eigenvalue weighted by Gasteiger charge is -2.18. The third-order valence-corrected chi connectivity index (χ3v) is 5.79. The molecule has 0 radical (unpaired) electrons. The molecule has 1 saturated heterocycles. The maximum atomic E-state index is 12.1. The molecule has 1 aromatic carbocycles. The highest BCUT2D eigenvalue weighted by molar-refractivity contribution is 7.91. The molecule has 0 aliphatic carbocycles. The number of rotatable bonds is 6. The Morgan fingerprint density at radius 3 is 2.62 bits per heavy atom. The van der Waals surface area contributed by atoms with E-state index in [2.05, 4.69) is 10.6 Å². The Balaban J connectivity index is 1.61. The van der Waals surface area contributed by atoms with Gasteiger partial charge in [0.05, 0.1) is 30.4 Å². The minimum absolute atomic E-state index is 0.0268. The first-order valence-electron chi connectivity index (χ1n) is 7.85. The van der Waals surface area contributed by atoms with Gasteiger partial charge in [0.15, 0.2) is 9.84 Å². The quantitative estimate of drug-likeness (QED) is 0.820. The van der Waals surface area contributed by atoms with E-state index < -0.39 is 9.84 Å². The number of hydrogen-bond acceptors (Lipinski definition) is 5. The standard InChI is InChI=1S/C17H20N2O4S/c20-16(19-14-8-10-24(21,22)12-14)11-18-17(15-7-4-9-23-15)13-5-2-1-3-6-13/h1-7,9,14,17-18H,8,10-12H2,(H,19,20)/t14-,17-/m0/s1. The van der Waals surface area contributed by atoms with Gasteiger partial charge in [-0.25, -0.2) is 8.42 Å². The summed E-state index contributed by atoms with van der Waals surface area (Å²) in [6, 6.07) is 12.8. The SMILES string of the molecule is O=C(CN[C@@H](c1ccccc1)c1ccco1)N[C@H]1CCS(=O)(=O)C1. The maximum Gasteiger partial charge on any atom is 0.234 e. The maximum absolute atomic E-state index is 12.1. The first-order valence-corrected chi connectivity index (χ1v) is 9.67. The second kappa shape index (κ2) is 7.19. The van der Waals surface area contributed by atoms with Crippen LogP contribution in [0.4, 0.5) is 0 Å². The van der Waals surface area contributed by atoms with Crippen molar-refractivity contribution in [2.24, 2.45) is 0 Å². The zero-order valence-electron chi connectivity index (χ0n) is 13.1. The van der Waals surface area contributed by atoms with Crippen molar-refractivity contribution < 1.29 is 17.6 Å². The topological polar surface area (TPSA) is 88.4 Å². The summed E-state index contributed by atoms with van der Waals surface area (Å²) in [6.07, 6.45) is 2.07. The Labute approximate surface area is 141 Å². The number of hydrogen-bond donors (Lipinski definition) is 2. The summed E-state index contributed by atoms with van der Waals surface area (Å²) in [5.74, 6) is 0.672. The molecule has 0 unspecified atom stereocenters. The van der Waals surface area contributed by atoms with E-state index in [-0.39, 0.29) is 36.0 Å². The van der Waals surface area contributed by atoms with E-state index in [1.165, 1.54) is 0 Å². The highest BCUT2D eigenvalue weighted by Gasteiger charge is 2.29. The summed E-state index contributed by atoms with van der Waals surface area (Å²) in [6.45, 7) is 0.0802. The lowest BCUT2D eigenvalue weighted by atomic mass is 10.0. The van der Waals surface area contributed by atoms with Crippen molar-refractivity contribution >= 4 is 15.7 Å². The summed E-state index contributed by atoms with van der Waals surface area (Å²) < 4.78 is 28.4. The van der Waals surface area contributed by atoms with E-state index >= 15 is 0 Å². The summed E-state index contributed by atoms with van der Waals surface area (Å²) in [4.78, 5) is 12.1. The number of furan rings is 1. The molecule has 1 aliphatic heterocycles. The second-order valence-corrected chi connectivity index (χ2v) is 8.14. The molecule has 1 aromatic heterocycles. The van der Waals surface area contributed by atoms with Gasteiger partial charge >= 0.3 is 0 Å². The molecule has 24 heavy (non-hydrogen) atoms. The highest BCUT2D eigenvalue weighted by atomic mass is 32.2. The molecule has 2 atom stereocenters. The van der Waals surface area contributed by atoms with E-state index in [1.54, 1.807) is 12.3 Å². The Morgan fingerprint density at radius 2 is 2.00 bits per heavy atom. The Bertz CT molecular complexity index is 772. The third-order valence-electron chi connectivity index (χ3n) is 4.02. The average molecular weight is 348 g/mol. The first kappa shape index (κ1) is 16.7. The van der Waals surface area contributed by atoms with Crippen LogP contribution >= 0.6 is 0 Å². The van der Waals surface area contributed by atoms with Crippen LogP contribution in [-0.4, -0.2) is 38.4 Å². The largest absolute Gasteiger partial charge is 0.467 e. The van der Waals surface area contributed by atoms with Crippen LogP contribution in [0, 0.1) is 0 Å². The molecule has 0 spiro atoms. The van der Waals surface area contributed by atoms with Crippen LogP contribution in [0.2, 0.25) is 0 Å². The molecule has 128 valence electrons. The molecule has 3 rings (SSSR count). The molecule has 6 nitrogen and oxygen atoms in total. The molecule has 1 aliphatic rings. The van der Waals surface area contributed by atoms with E-state index in [9.17, 15) is 13.2 Å². The van der Waals surface area contributed by atoms with Crippen molar-refractivity contribution in [3.63, 3.8) is 0 Å². The number of amides is 1. The smallest absolute Gasteiger partial charge is 0.234 e. The van der Waals surface area contributed by atoms with Gasteiger partial charge in [0.1, 0.15) is 5.76 Å². The van der Waals surface area contributed by atoms with Gasteiger partial charge in [-0.3, -0.25) is 10.1 Å². The van der Waals surface area contributed by atoms with Gasteiger partial charge in [0.25, 0.3) is 0 Å². The molecule has 2 heterocycles. The molecule has 1 fully saturated rings. The molecule has 7 heteroatoms. The molecule has 0 saturated carbocycles. The van der Waals surface area contributed by atoms with Crippen LogP contribution in [0.3, 0.4) is 0 Å². The number of sulfone groups is 1. The van der Waals surface area contributed by atoms with E-state index in [0.29, 0.717) is 6.42 Å². The average Bonchev–Trinajstić information content (AvgIpc) is 3.18. The second-order valence-electron chi connectivity index (χ2n) is 5.91. The number of nitrogens with one attached hydrogen (secondary N) is 2. The van der Waals surface area contributed by atoms with Crippen LogP contribution in [0.25, 0.3) is 0 Å².